The normalized spacial score (nSPS) is 47.6. The monoisotopic (exact) mass is 226 g/mol. The van der Waals surface area contributed by atoms with Gasteiger partial charge in [0.1, 0.15) is 0 Å². The topological polar surface area (TPSA) is 40.5 Å². The Balaban J connectivity index is 2.33. The van der Waals surface area contributed by atoms with E-state index in [1.807, 2.05) is 13.8 Å². The highest BCUT2D eigenvalue weighted by Gasteiger charge is 2.67. The largest absolute Gasteiger partial charge is 0.392 e. The van der Waals surface area contributed by atoms with Gasteiger partial charge in [-0.15, -0.1) is 0 Å². The average molecular weight is 226 g/mol. The fourth-order valence-electron chi connectivity index (χ4n) is 4.28. The Morgan fingerprint density at radius 3 is 2.12 bits per heavy atom. The van der Waals surface area contributed by atoms with Crippen LogP contribution in [0.5, 0.6) is 0 Å². The molecule has 2 aliphatic carbocycles. The molecule has 2 heteroatoms. The summed E-state index contributed by atoms with van der Waals surface area (Å²) in [5.41, 5.74) is 0.158. The number of aliphatic hydroxyl groups excluding tert-OH is 2. The third-order valence-electron chi connectivity index (χ3n) is 5.93. The van der Waals surface area contributed by atoms with Crippen LogP contribution in [-0.2, 0) is 0 Å². The lowest BCUT2D eigenvalue weighted by atomic mass is 9.70. The van der Waals surface area contributed by atoms with Gasteiger partial charge in [0.15, 0.2) is 0 Å². The fourth-order valence-corrected chi connectivity index (χ4v) is 4.28. The summed E-state index contributed by atoms with van der Waals surface area (Å²) in [5.74, 6) is 0.789. The first-order valence-corrected chi connectivity index (χ1v) is 6.59. The van der Waals surface area contributed by atoms with E-state index >= 15 is 0 Å². The minimum Gasteiger partial charge on any atom is -0.392 e. The summed E-state index contributed by atoms with van der Waals surface area (Å²) >= 11 is 0. The second kappa shape index (κ2) is 3.46. The minimum atomic E-state index is -0.360. The zero-order chi connectivity index (χ0) is 12.3. The van der Waals surface area contributed by atoms with Gasteiger partial charge in [-0.05, 0) is 35.5 Å². The van der Waals surface area contributed by atoms with E-state index in [4.69, 9.17) is 0 Å². The van der Waals surface area contributed by atoms with Crippen molar-refractivity contribution in [2.45, 2.75) is 59.7 Å². The van der Waals surface area contributed by atoms with Gasteiger partial charge < -0.3 is 10.2 Å². The molecule has 0 aliphatic heterocycles. The van der Waals surface area contributed by atoms with E-state index in [2.05, 4.69) is 20.8 Å². The van der Waals surface area contributed by atoms with Crippen molar-refractivity contribution in [1.29, 1.82) is 0 Å². The molecular formula is C14H26O2. The van der Waals surface area contributed by atoms with E-state index in [1.54, 1.807) is 0 Å². The summed E-state index contributed by atoms with van der Waals surface area (Å²) in [6.07, 6.45) is 1.57. The van der Waals surface area contributed by atoms with Crippen molar-refractivity contribution in [2.24, 2.45) is 28.6 Å². The number of hydrogen-bond donors (Lipinski definition) is 2. The Labute approximate surface area is 99.1 Å². The van der Waals surface area contributed by atoms with Crippen molar-refractivity contribution < 1.29 is 10.2 Å². The third-order valence-corrected chi connectivity index (χ3v) is 5.93. The highest BCUT2D eigenvalue weighted by molar-refractivity contribution is 5.15. The summed E-state index contributed by atoms with van der Waals surface area (Å²) in [6, 6.07) is 0. The molecule has 2 N–H and O–H groups in total. The maximum absolute atomic E-state index is 10.5. The molecule has 0 heterocycles. The summed E-state index contributed by atoms with van der Waals surface area (Å²) in [5, 5.41) is 20.8. The predicted octanol–water partition coefficient (Wildman–Crippen LogP) is 2.44. The smallest absolute Gasteiger partial charge is 0.0654 e. The standard InChI is InChI=1S/C14H26O2/c1-8(2)11(15)10-9-6-7-14(5,12(10)16)13(9,3)4/h8-12,15-16H,6-7H2,1-5H3/t9-,10?,11?,12+,14-/m1/s1. The molecular weight excluding hydrogens is 200 g/mol. The van der Waals surface area contributed by atoms with E-state index in [0.717, 1.165) is 12.8 Å². The van der Waals surface area contributed by atoms with E-state index < -0.39 is 0 Å². The second-order valence-corrected chi connectivity index (χ2v) is 7.04. The van der Waals surface area contributed by atoms with Crippen molar-refractivity contribution >= 4 is 0 Å². The SMILES string of the molecule is CC(C)C(O)C1[C@H]2CC[C@](C)([C@H]1O)C2(C)C. The van der Waals surface area contributed by atoms with Gasteiger partial charge in [0, 0.05) is 5.92 Å². The molecule has 0 aromatic heterocycles. The fraction of sp³-hybridized carbons (Fsp3) is 1.00. The number of aliphatic hydroxyl groups is 2. The molecule has 5 atom stereocenters. The van der Waals surface area contributed by atoms with Gasteiger partial charge in [0.25, 0.3) is 0 Å². The maximum atomic E-state index is 10.5. The van der Waals surface area contributed by atoms with E-state index in [1.165, 1.54) is 0 Å². The summed E-state index contributed by atoms with van der Waals surface area (Å²) in [6.45, 7) is 10.8. The van der Waals surface area contributed by atoms with Crippen LogP contribution in [0, 0.1) is 28.6 Å². The van der Waals surface area contributed by atoms with Crippen LogP contribution in [0.15, 0.2) is 0 Å². The van der Waals surface area contributed by atoms with Gasteiger partial charge in [-0.3, -0.25) is 0 Å². The van der Waals surface area contributed by atoms with Gasteiger partial charge in [-0.1, -0.05) is 34.6 Å². The van der Waals surface area contributed by atoms with Crippen LogP contribution in [0.3, 0.4) is 0 Å². The third kappa shape index (κ3) is 1.26. The second-order valence-electron chi connectivity index (χ2n) is 7.04. The molecule has 16 heavy (non-hydrogen) atoms. The lowest BCUT2D eigenvalue weighted by Crippen LogP contribution is -2.42. The molecule has 2 nitrogen and oxygen atoms in total. The van der Waals surface area contributed by atoms with Crippen LogP contribution in [0.4, 0.5) is 0 Å². The predicted molar refractivity (Wildman–Crippen MR) is 65.0 cm³/mol. The zero-order valence-electron chi connectivity index (χ0n) is 11.2. The molecule has 2 fully saturated rings. The van der Waals surface area contributed by atoms with Crippen LogP contribution in [-0.4, -0.2) is 22.4 Å². The molecule has 2 rings (SSSR count). The van der Waals surface area contributed by atoms with Gasteiger partial charge in [0.2, 0.25) is 0 Å². The lowest BCUT2D eigenvalue weighted by Gasteiger charge is -2.38. The quantitative estimate of drug-likeness (QED) is 0.759. The van der Waals surface area contributed by atoms with Gasteiger partial charge in [-0.2, -0.15) is 0 Å². The molecule has 94 valence electrons. The zero-order valence-corrected chi connectivity index (χ0v) is 11.2. The molecule has 2 aliphatic rings. The van der Waals surface area contributed by atoms with Crippen LogP contribution in [0.1, 0.15) is 47.5 Å². The Hall–Kier alpha value is -0.0800. The average Bonchev–Trinajstić information content (AvgIpc) is 2.48. The van der Waals surface area contributed by atoms with E-state index in [0.29, 0.717) is 5.92 Å². The van der Waals surface area contributed by atoms with Crippen molar-refractivity contribution in [1.82, 2.24) is 0 Å². The molecule has 0 radical (unpaired) electrons. The summed E-state index contributed by atoms with van der Waals surface area (Å²) in [4.78, 5) is 0. The van der Waals surface area contributed by atoms with Crippen LogP contribution in [0.2, 0.25) is 0 Å². The Kier molecular flexibility index (Phi) is 2.67. The molecule has 0 spiro atoms. The number of hydrogen-bond acceptors (Lipinski definition) is 2. The highest BCUT2D eigenvalue weighted by Crippen LogP contribution is 2.68. The van der Waals surface area contributed by atoms with E-state index in [-0.39, 0.29) is 34.9 Å². The van der Waals surface area contributed by atoms with Crippen molar-refractivity contribution in [2.75, 3.05) is 0 Å². The van der Waals surface area contributed by atoms with Crippen molar-refractivity contribution in [3.8, 4) is 0 Å². The Morgan fingerprint density at radius 2 is 1.75 bits per heavy atom. The molecule has 2 bridgehead atoms. The molecule has 0 amide bonds. The van der Waals surface area contributed by atoms with Crippen LogP contribution in [0.25, 0.3) is 0 Å². The Morgan fingerprint density at radius 1 is 1.19 bits per heavy atom. The first-order chi connectivity index (χ1) is 7.23. The molecule has 2 unspecified atom stereocenters. The van der Waals surface area contributed by atoms with Gasteiger partial charge >= 0.3 is 0 Å². The first kappa shape index (κ1) is 12.4. The molecule has 0 aromatic carbocycles. The molecule has 0 saturated heterocycles. The van der Waals surface area contributed by atoms with Gasteiger partial charge in [0.05, 0.1) is 12.2 Å². The van der Waals surface area contributed by atoms with Crippen LogP contribution >= 0.6 is 0 Å². The Bertz CT molecular complexity index is 284. The lowest BCUT2D eigenvalue weighted by molar-refractivity contribution is -0.0630. The maximum Gasteiger partial charge on any atom is 0.0654 e. The first-order valence-electron chi connectivity index (χ1n) is 6.59. The minimum absolute atomic E-state index is 0.00178. The van der Waals surface area contributed by atoms with E-state index in [9.17, 15) is 10.2 Å². The number of fused-ring (bicyclic) bond motifs is 2. The van der Waals surface area contributed by atoms with Crippen molar-refractivity contribution in [3.63, 3.8) is 0 Å². The van der Waals surface area contributed by atoms with Crippen LogP contribution < -0.4 is 0 Å². The number of rotatable bonds is 2. The molecule has 2 saturated carbocycles. The van der Waals surface area contributed by atoms with Crippen molar-refractivity contribution in [3.05, 3.63) is 0 Å². The van der Waals surface area contributed by atoms with Gasteiger partial charge in [-0.25, -0.2) is 0 Å². The molecule has 0 aromatic rings. The highest BCUT2D eigenvalue weighted by atomic mass is 16.3. The summed E-state index contributed by atoms with van der Waals surface area (Å²) in [7, 11) is 0. The summed E-state index contributed by atoms with van der Waals surface area (Å²) < 4.78 is 0.